The van der Waals surface area contributed by atoms with Crippen molar-refractivity contribution in [2.45, 2.75) is 6.54 Å². The predicted octanol–water partition coefficient (Wildman–Crippen LogP) is 2.21. The molecule has 1 heterocycles. The van der Waals surface area contributed by atoms with E-state index in [1.165, 1.54) is 22.0 Å². The van der Waals surface area contributed by atoms with Gasteiger partial charge in [0.2, 0.25) is 0 Å². The summed E-state index contributed by atoms with van der Waals surface area (Å²) in [6.45, 7) is 0.761. The van der Waals surface area contributed by atoms with Gasteiger partial charge in [0.15, 0.2) is 0 Å². The van der Waals surface area contributed by atoms with Gasteiger partial charge in [-0.05, 0) is 5.39 Å². The van der Waals surface area contributed by atoms with E-state index < -0.39 is 0 Å². The Hall–Kier alpha value is -1.35. The van der Waals surface area contributed by atoms with Gasteiger partial charge in [0.05, 0.1) is 12.0 Å². The molecule has 2 aromatic rings. The number of H-pyrrole nitrogens is 1. The van der Waals surface area contributed by atoms with Crippen molar-refractivity contribution in [1.82, 2.24) is 10.3 Å². The molecule has 13 heavy (non-hydrogen) atoms. The Balaban J connectivity index is 2.40. The van der Waals surface area contributed by atoms with Gasteiger partial charge in [0.25, 0.3) is 0 Å². The van der Waals surface area contributed by atoms with Crippen LogP contribution in [-0.2, 0) is 6.54 Å². The van der Waals surface area contributed by atoms with Crippen molar-refractivity contribution in [3.8, 4) is 0 Å². The van der Waals surface area contributed by atoms with E-state index in [1.807, 2.05) is 18.3 Å². The molecule has 0 radical (unpaired) electrons. The largest absolute Gasteiger partial charge is 0.377 e. The Morgan fingerprint density at radius 3 is 3.08 bits per heavy atom. The van der Waals surface area contributed by atoms with Gasteiger partial charge in [0, 0.05) is 17.3 Å². The Labute approximate surface area is 82.0 Å². The van der Waals surface area contributed by atoms with Gasteiger partial charge in [-0.3, -0.25) is 0 Å². The molecule has 0 amide bonds. The molecule has 1 aromatic heterocycles. The maximum absolute atomic E-state index is 4.70. The zero-order chi connectivity index (χ0) is 9.10. The second-order valence-corrected chi connectivity index (χ2v) is 3.09. The third-order valence-electron chi connectivity index (χ3n) is 2.05. The summed E-state index contributed by atoms with van der Waals surface area (Å²) in [7, 11) is 0. The van der Waals surface area contributed by atoms with Crippen molar-refractivity contribution in [3.05, 3.63) is 36.2 Å². The van der Waals surface area contributed by atoms with Crippen LogP contribution in [0.4, 0.5) is 0 Å². The fourth-order valence-electron chi connectivity index (χ4n) is 1.43. The predicted molar refractivity (Wildman–Crippen MR) is 58.8 cm³/mol. The molecule has 2 N–H and O–H groups in total. The van der Waals surface area contributed by atoms with E-state index in [-0.39, 0.29) is 0 Å². The van der Waals surface area contributed by atoms with Gasteiger partial charge in [-0.15, -0.1) is 0 Å². The van der Waals surface area contributed by atoms with E-state index in [9.17, 15) is 0 Å². The molecule has 0 atom stereocenters. The van der Waals surface area contributed by atoms with Gasteiger partial charge in [-0.1, -0.05) is 36.5 Å². The van der Waals surface area contributed by atoms with Gasteiger partial charge in [0.1, 0.15) is 0 Å². The first-order valence-electron chi connectivity index (χ1n) is 4.14. The van der Waals surface area contributed by atoms with Crippen LogP contribution in [0.1, 0.15) is 5.69 Å². The van der Waals surface area contributed by atoms with Crippen molar-refractivity contribution in [1.29, 1.82) is 0 Å². The number of aromatic nitrogens is 1. The van der Waals surface area contributed by atoms with Crippen LogP contribution in [0.5, 0.6) is 0 Å². The topological polar surface area (TPSA) is 27.8 Å². The Morgan fingerprint density at radius 1 is 1.38 bits per heavy atom. The summed E-state index contributed by atoms with van der Waals surface area (Å²) in [5.74, 6) is 0. The van der Waals surface area contributed by atoms with E-state index in [1.54, 1.807) is 0 Å². The zero-order valence-corrected chi connectivity index (χ0v) is 7.90. The third-order valence-corrected chi connectivity index (χ3v) is 2.22. The summed E-state index contributed by atoms with van der Waals surface area (Å²) in [6, 6.07) is 8.27. The molecule has 0 aliphatic rings. The quantitative estimate of drug-likeness (QED) is 0.726. The van der Waals surface area contributed by atoms with Crippen molar-refractivity contribution in [2.75, 3.05) is 0 Å². The van der Waals surface area contributed by atoms with Crippen molar-refractivity contribution >= 4 is 28.5 Å². The minimum atomic E-state index is 0.761. The average molecular weight is 190 g/mol. The molecule has 1 aromatic carbocycles. The van der Waals surface area contributed by atoms with Crippen LogP contribution in [0, 0.1) is 0 Å². The number of thiocarbonyl (C=S) groups is 1. The molecule has 0 fully saturated rings. The summed E-state index contributed by atoms with van der Waals surface area (Å²) in [6.07, 6.45) is 2.01. The molecule has 0 bridgehead atoms. The molecule has 3 heteroatoms. The average Bonchev–Trinajstić information content (AvgIpc) is 2.58. The number of hydrogen-bond donors (Lipinski definition) is 2. The summed E-state index contributed by atoms with van der Waals surface area (Å²) in [4.78, 5) is 3.22. The summed E-state index contributed by atoms with van der Waals surface area (Å²) in [5.41, 5.74) is 2.71. The molecule has 0 aliphatic heterocycles. The minimum Gasteiger partial charge on any atom is -0.377 e. The standard InChI is InChI=1S/C10H10N2S/c13-7-11-6-10-9-4-2-1-3-8(9)5-12-10/h1-5,7,12H,6H2,(H,11,13). The van der Waals surface area contributed by atoms with Crippen LogP contribution in [-0.4, -0.2) is 10.5 Å². The lowest BCUT2D eigenvalue weighted by Crippen LogP contribution is -2.08. The fraction of sp³-hybridized carbons (Fsp3) is 0.100. The molecule has 0 aliphatic carbocycles. The maximum Gasteiger partial charge on any atom is 0.0618 e. The maximum atomic E-state index is 4.70. The second-order valence-electron chi connectivity index (χ2n) is 2.85. The van der Waals surface area contributed by atoms with Crippen LogP contribution in [0.15, 0.2) is 30.5 Å². The molecular formula is C10H10N2S. The smallest absolute Gasteiger partial charge is 0.0618 e. The number of fused-ring (bicyclic) bond motifs is 1. The highest BCUT2D eigenvalue weighted by molar-refractivity contribution is 7.78. The number of aromatic amines is 1. The van der Waals surface area contributed by atoms with Crippen molar-refractivity contribution < 1.29 is 0 Å². The van der Waals surface area contributed by atoms with Crippen LogP contribution >= 0.6 is 12.2 Å². The molecule has 0 unspecified atom stereocenters. The lowest BCUT2D eigenvalue weighted by Gasteiger charge is -1.97. The number of benzene rings is 1. The van der Waals surface area contributed by atoms with E-state index in [0.29, 0.717) is 0 Å². The van der Waals surface area contributed by atoms with Crippen LogP contribution in [0.2, 0.25) is 0 Å². The van der Waals surface area contributed by atoms with Gasteiger partial charge in [-0.25, -0.2) is 0 Å². The first-order chi connectivity index (χ1) is 6.42. The molecular weight excluding hydrogens is 180 g/mol. The highest BCUT2D eigenvalue weighted by Crippen LogP contribution is 2.16. The lowest BCUT2D eigenvalue weighted by molar-refractivity contribution is 0.916. The normalized spacial score (nSPS) is 10.2. The fourth-order valence-corrected chi connectivity index (χ4v) is 1.51. The van der Waals surface area contributed by atoms with E-state index >= 15 is 0 Å². The second kappa shape index (κ2) is 3.58. The van der Waals surface area contributed by atoms with Crippen molar-refractivity contribution in [2.24, 2.45) is 0 Å². The summed E-state index contributed by atoms with van der Waals surface area (Å²) >= 11 is 4.70. The highest BCUT2D eigenvalue weighted by atomic mass is 32.1. The third kappa shape index (κ3) is 1.55. The highest BCUT2D eigenvalue weighted by Gasteiger charge is 2.00. The molecule has 0 saturated carbocycles. The Morgan fingerprint density at radius 2 is 2.23 bits per heavy atom. The Kier molecular flexibility index (Phi) is 2.27. The number of rotatable bonds is 3. The molecule has 66 valence electrons. The minimum absolute atomic E-state index is 0.761. The summed E-state index contributed by atoms with van der Waals surface area (Å²) < 4.78 is 0. The van der Waals surface area contributed by atoms with Crippen LogP contribution < -0.4 is 5.32 Å². The first-order valence-corrected chi connectivity index (χ1v) is 4.61. The molecule has 2 nitrogen and oxygen atoms in total. The van der Waals surface area contributed by atoms with E-state index in [2.05, 4.69) is 22.4 Å². The first kappa shape index (κ1) is 8.26. The number of hydrogen-bond acceptors (Lipinski definition) is 1. The van der Waals surface area contributed by atoms with Gasteiger partial charge in [-0.2, -0.15) is 0 Å². The summed E-state index contributed by atoms with van der Waals surface area (Å²) in [5, 5.41) is 5.50. The zero-order valence-electron chi connectivity index (χ0n) is 7.08. The molecule has 2 rings (SSSR count). The van der Waals surface area contributed by atoms with Gasteiger partial charge < -0.3 is 10.3 Å². The van der Waals surface area contributed by atoms with E-state index in [0.717, 1.165) is 6.54 Å². The van der Waals surface area contributed by atoms with Gasteiger partial charge >= 0.3 is 0 Å². The van der Waals surface area contributed by atoms with Crippen LogP contribution in [0.3, 0.4) is 0 Å². The Bertz CT molecular complexity index is 420. The monoisotopic (exact) mass is 190 g/mol. The molecule has 0 spiro atoms. The number of nitrogens with one attached hydrogen (secondary N) is 2. The van der Waals surface area contributed by atoms with Crippen molar-refractivity contribution in [3.63, 3.8) is 0 Å². The van der Waals surface area contributed by atoms with E-state index in [4.69, 9.17) is 12.2 Å². The lowest BCUT2D eigenvalue weighted by atomic mass is 10.2. The SMILES string of the molecule is S=CNCc1[nH]cc2ccccc12. The van der Waals surface area contributed by atoms with Crippen LogP contribution in [0.25, 0.3) is 10.8 Å². The molecule has 0 saturated heterocycles.